The van der Waals surface area contributed by atoms with Crippen molar-refractivity contribution in [3.63, 3.8) is 0 Å². The van der Waals surface area contributed by atoms with Crippen LogP contribution >= 0.6 is 0 Å². The Hall–Kier alpha value is -2.56. The topological polar surface area (TPSA) is 53.8 Å². The Labute approximate surface area is 149 Å². The van der Waals surface area contributed by atoms with Gasteiger partial charge >= 0.3 is 0 Å². The molecule has 1 heterocycles. The number of hydrogen-bond acceptors (Lipinski definition) is 3. The lowest BCUT2D eigenvalue weighted by Gasteiger charge is -2.25. The Balaban J connectivity index is 2.13. The lowest BCUT2D eigenvalue weighted by atomic mass is 10.1. The largest absolute Gasteiger partial charge is 0.469 e. The van der Waals surface area contributed by atoms with Crippen LogP contribution in [0.4, 0.5) is 0 Å². The first-order chi connectivity index (χ1) is 12.1. The molecular weight excluding hydrogens is 316 g/mol. The van der Waals surface area contributed by atoms with Gasteiger partial charge in [-0.05, 0) is 32.4 Å². The van der Waals surface area contributed by atoms with Gasteiger partial charge in [0, 0.05) is 32.6 Å². The molecule has 2 rings (SSSR count). The van der Waals surface area contributed by atoms with Crippen LogP contribution in [0.2, 0.25) is 0 Å². The molecule has 5 nitrogen and oxygen atoms in total. The molecule has 1 aromatic carbocycles. The first kappa shape index (κ1) is 18.8. The van der Waals surface area contributed by atoms with Crippen LogP contribution in [0.15, 0.2) is 47.1 Å². The molecule has 0 aliphatic carbocycles. The summed E-state index contributed by atoms with van der Waals surface area (Å²) in [6.07, 6.45) is 1.83. The van der Waals surface area contributed by atoms with Crippen molar-refractivity contribution in [1.29, 1.82) is 0 Å². The summed E-state index contributed by atoms with van der Waals surface area (Å²) >= 11 is 0. The zero-order valence-corrected chi connectivity index (χ0v) is 15.2. The van der Waals surface area contributed by atoms with Gasteiger partial charge in [0.05, 0.1) is 11.8 Å². The molecule has 0 fully saturated rings. The van der Waals surface area contributed by atoms with E-state index in [1.54, 1.807) is 22.8 Å². The average molecular weight is 342 g/mol. The molecular formula is C20H26N2O3. The highest BCUT2D eigenvalue weighted by Crippen LogP contribution is 2.15. The summed E-state index contributed by atoms with van der Waals surface area (Å²) in [5.74, 6) is 0.556. The van der Waals surface area contributed by atoms with Gasteiger partial charge in [0.15, 0.2) is 0 Å². The van der Waals surface area contributed by atoms with E-state index in [1.807, 2.05) is 44.2 Å². The van der Waals surface area contributed by atoms with E-state index in [0.717, 1.165) is 5.56 Å². The molecule has 0 unspecified atom stereocenters. The quantitative estimate of drug-likeness (QED) is 0.738. The Morgan fingerprint density at radius 2 is 1.68 bits per heavy atom. The van der Waals surface area contributed by atoms with E-state index < -0.39 is 0 Å². The van der Waals surface area contributed by atoms with Crippen LogP contribution in [0.3, 0.4) is 0 Å². The van der Waals surface area contributed by atoms with Crippen LogP contribution in [0.1, 0.15) is 41.9 Å². The second-order valence-corrected chi connectivity index (χ2v) is 5.92. The third-order valence-electron chi connectivity index (χ3n) is 4.30. The Bertz CT molecular complexity index is 690. The van der Waals surface area contributed by atoms with Crippen molar-refractivity contribution in [3.8, 4) is 0 Å². The number of carbonyl (C=O) groups is 2. The number of benzene rings is 1. The van der Waals surface area contributed by atoms with E-state index in [2.05, 4.69) is 0 Å². The second-order valence-electron chi connectivity index (χ2n) is 5.92. The van der Waals surface area contributed by atoms with Crippen molar-refractivity contribution in [2.75, 3.05) is 19.6 Å². The van der Waals surface area contributed by atoms with Gasteiger partial charge in [-0.15, -0.1) is 0 Å². The maximum Gasteiger partial charge on any atom is 0.257 e. The molecule has 0 N–H and O–H groups in total. The minimum absolute atomic E-state index is 0.0692. The number of hydrogen-bond donors (Lipinski definition) is 0. The molecule has 0 atom stereocenters. The van der Waals surface area contributed by atoms with E-state index >= 15 is 0 Å². The standard InChI is InChI=1S/C20H26N2O3/c1-4-21(5-2)19(23)11-13-22(15-17-9-7-6-8-10-17)20(24)18-12-14-25-16(18)3/h6-10,12,14H,4-5,11,13,15H2,1-3H3. The summed E-state index contributed by atoms with van der Waals surface area (Å²) in [5, 5.41) is 0. The van der Waals surface area contributed by atoms with Crippen molar-refractivity contribution in [1.82, 2.24) is 9.80 Å². The molecule has 0 bridgehead atoms. The lowest BCUT2D eigenvalue weighted by molar-refractivity contribution is -0.131. The van der Waals surface area contributed by atoms with E-state index in [1.165, 1.54) is 6.26 Å². The third-order valence-corrected chi connectivity index (χ3v) is 4.30. The van der Waals surface area contributed by atoms with E-state index in [0.29, 0.717) is 43.9 Å². The van der Waals surface area contributed by atoms with Crippen LogP contribution in [-0.2, 0) is 11.3 Å². The van der Waals surface area contributed by atoms with Gasteiger partial charge in [-0.1, -0.05) is 30.3 Å². The van der Waals surface area contributed by atoms with Crippen molar-refractivity contribution in [2.45, 2.75) is 33.7 Å². The summed E-state index contributed by atoms with van der Waals surface area (Å²) in [5.41, 5.74) is 1.58. The number of furan rings is 1. The molecule has 0 aliphatic heterocycles. The van der Waals surface area contributed by atoms with Gasteiger partial charge in [0.25, 0.3) is 5.91 Å². The summed E-state index contributed by atoms with van der Waals surface area (Å²) in [7, 11) is 0. The second kappa shape index (κ2) is 9.06. The van der Waals surface area contributed by atoms with Crippen molar-refractivity contribution >= 4 is 11.8 Å². The highest BCUT2D eigenvalue weighted by atomic mass is 16.3. The number of nitrogens with zero attached hydrogens (tertiary/aromatic N) is 2. The zero-order chi connectivity index (χ0) is 18.2. The number of rotatable bonds is 8. The van der Waals surface area contributed by atoms with Gasteiger partial charge in [0.1, 0.15) is 5.76 Å². The van der Waals surface area contributed by atoms with Crippen molar-refractivity contribution in [3.05, 3.63) is 59.5 Å². The van der Waals surface area contributed by atoms with E-state index in [4.69, 9.17) is 4.42 Å². The highest BCUT2D eigenvalue weighted by Gasteiger charge is 2.21. The third kappa shape index (κ3) is 4.95. The molecule has 134 valence electrons. The molecule has 0 radical (unpaired) electrons. The van der Waals surface area contributed by atoms with Crippen LogP contribution in [0.5, 0.6) is 0 Å². The predicted molar refractivity (Wildman–Crippen MR) is 97.2 cm³/mol. The fraction of sp³-hybridized carbons (Fsp3) is 0.400. The molecule has 5 heteroatoms. The minimum Gasteiger partial charge on any atom is -0.469 e. The number of carbonyl (C=O) groups excluding carboxylic acids is 2. The molecule has 1 aromatic heterocycles. The van der Waals surface area contributed by atoms with Gasteiger partial charge in [-0.3, -0.25) is 9.59 Å². The zero-order valence-electron chi connectivity index (χ0n) is 15.2. The average Bonchev–Trinajstić information content (AvgIpc) is 3.06. The summed E-state index contributed by atoms with van der Waals surface area (Å²) in [4.78, 5) is 28.7. The Kier molecular flexibility index (Phi) is 6.81. The Morgan fingerprint density at radius 1 is 1.00 bits per heavy atom. The monoisotopic (exact) mass is 342 g/mol. The molecule has 0 spiro atoms. The van der Waals surface area contributed by atoms with Gasteiger partial charge in [-0.2, -0.15) is 0 Å². The molecule has 0 aliphatic rings. The smallest absolute Gasteiger partial charge is 0.257 e. The van der Waals surface area contributed by atoms with E-state index in [-0.39, 0.29) is 11.8 Å². The van der Waals surface area contributed by atoms with Crippen molar-refractivity contribution in [2.24, 2.45) is 0 Å². The highest BCUT2D eigenvalue weighted by molar-refractivity contribution is 5.95. The van der Waals surface area contributed by atoms with Crippen LogP contribution in [-0.4, -0.2) is 41.2 Å². The van der Waals surface area contributed by atoms with Crippen LogP contribution in [0.25, 0.3) is 0 Å². The normalized spacial score (nSPS) is 10.5. The SMILES string of the molecule is CCN(CC)C(=O)CCN(Cc1ccccc1)C(=O)c1ccoc1C. The van der Waals surface area contributed by atoms with Gasteiger partial charge in [0.2, 0.25) is 5.91 Å². The molecule has 25 heavy (non-hydrogen) atoms. The van der Waals surface area contributed by atoms with Crippen LogP contribution < -0.4 is 0 Å². The van der Waals surface area contributed by atoms with E-state index in [9.17, 15) is 9.59 Å². The summed E-state index contributed by atoms with van der Waals surface area (Å²) in [6.45, 7) is 7.91. The number of aryl methyl sites for hydroxylation is 1. The molecule has 2 amide bonds. The maximum atomic E-state index is 12.9. The minimum atomic E-state index is -0.109. The summed E-state index contributed by atoms with van der Waals surface area (Å²) in [6, 6.07) is 11.5. The molecule has 2 aromatic rings. The van der Waals surface area contributed by atoms with Gasteiger partial charge in [-0.25, -0.2) is 0 Å². The Morgan fingerprint density at radius 3 is 2.24 bits per heavy atom. The van der Waals surface area contributed by atoms with Crippen LogP contribution in [0, 0.1) is 6.92 Å². The lowest BCUT2D eigenvalue weighted by Crippen LogP contribution is -2.37. The molecule has 0 saturated carbocycles. The number of amides is 2. The predicted octanol–water partition coefficient (Wildman–Crippen LogP) is 3.49. The molecule has 0 saturated heterocycles. The first-order valence-corrected chi connectivity index (χ1v) is 8.71. The fourth-order valence-electron chi connectivity index (χ4n) is 2.80. The maximum absolute atomic E-state index is 12.9. The summed E-state index contributed by atoms with van der Waals surface area (Å²) < 4.78 is 5.26. The first-order valence-electron chi connectivity index (χ1n) is 8.71. The van der Waals surface area contributed by atoms with Crippen molar-refractivity contribution < 1.29 is 14.0 Å². The van der Waals surface area contributed by atoms with Gasteiger partial charge < -0.3 is 14.2 Å². The fourth-order valence-corrected chi connectivity index (χ4v) is 2.80.